The Bertz CT molecular complexity index is 507. The molecule has 5 saturated carbocycles. The molecule has 0 amide bonds. The molecular weight excluding hydrogens is 259 g/mol. The maximum Gasteiger partial charge on any atom is 0.461 e. The van der Waals surface area contributed by atoms with Gasteiger partial charge in [0.2, 0.25) is 0 Å². The van der Waals surface area contributed by atoms with Gasteiger partial charge in [0.15, 0.2) is 0 Å². The highest BCUT2D eigenvalue weighted by molar-refractivity contribution is 6.48. The first-order chi connectivity index (χ1) is 9.91. The van der Waals surface area contributed by atoms with E-state index >= 15 is 0 Å². The fourth-order valence-corrected chi connectivity index (χ4v) is 7.41. The predicted octanol–water partition coefficient (Wildman–Crippen LogP) is 3.62. The van der Waals surface area contributed by atoms with Crippen LogP contribution in [0.15, 0.2) is 0 Å². The summed E-state index contributed by atoms with van der Waals surface area (Å²) in [6.07, 6.45) is 4.50. The lowest BCUT2D eigenvalue weighted by Gasteiger charge is -2.85. The summed E-state index contributed by atoms with van der Waals surface area (Å²) >= 11 is 0. The Hall–Kier alpha value is -0.0151. The highest BCUT2D eigenvalue weighted by Gasteiger charge is 2.81. The van der Waals surface area contributed by atoms with Crippen molar-refractivity contribution in [1.29, 1.82) is 0 Å². The molecule has 1 heterocycles. The molecule has 1 aliphatic heterocycles. The van der Waals surface area contributed by atoms with Crippen LogP contribution in [0.1, 0.15) is 47.0 Å². The Labute approximate surface area is 128 Å². The summed E-state index contributed by atoms with van der Waals surface area (Å²) in [6, 6.07) is 0. The van der Waals surface area contributed by atoms with Gasteiger partial charge in [0, 0.05) is 0 Å². The molecule has 2 nitrogen and oxygen atoms in total. The lowest BCUT2D eigenvalue weighted by atomic mass is 9.18. The zero-order valence-electron chi connectivity index (χ0n) is 13.7. The molecule has 0 aromatic heterocycles. The molecule has 0 aromatic rings. The van der Waals surface area contributed by atoms with Crippen molar-refractivity contribution in [2.24, 2.45) is 47.3 Å². The van der Waals surface area contributed by atoms with Gasteiger partial charge >= 0.3 is 7.12 Å². The van der Waals surface area contributed by atoms with Crippen LogP contribution in [0.25, 0.3) is 0 Å². The van der Waals surface area contributed by atoms with Gasteiger partial charge < -0.3 is 9.31 Å². The summed E-state index contributed by atoms with van der Waals surface area (Å²) in [6.45, 7) is 8.77. The summed E-state index contributed by atoms with van der Waals surface area (Å²) < 4.78 is 12.7. The van der Waals surface area contributed by atoms with Crippen molar-refractivity contribution in [3.8, 4) is 0 Å². The molecule has 0 radical (unpaired) electrons. The lowest BCUT2D eigenvalue weighted by molar-refractivity contribution is -0.361. The van der Waals surface area contributed by atoms with Gasteiger partial charge in [-0.05, 0) is 100 Å². The summed E-state index contributed by atoms with van der Waals surface area (Å²) in [5, 5.41) is 0. The van der Waals surface area contributed by atoms with Crippen LogP contribution in [0.5, 0.6) is 0 Å². The van der Waals surface area contributed by atoms with Gasteiger partial charge in [-0.3, -0.25) is 0 Å². The van der Waals surface area contributed by atoms with Crippen LogP contribution in [0.3, 0.4) is 0 Å². The monoisotopic (exact) mass is 286 g/mol. The van der Waals surface area contributed by atoms with Crippen LogP contribution in [-0.2, 0) is 9.31 Å². The van der Waals surface area contributed by atoms with Crippen LogP contribution >= 0.6 is 0 Å². The third kappa shape index (κ3) is 1.12. The molecule has 0 bridgehead atoms. The zero-order valence-corrected chi connectivity index (χ0v) is 13.7. The number of hydrogen-bond acceptors (Lipinski definition) is 2. The highest BCUT2D eigenvalue weighted by Crippen LogP contribution is 2.85. The Morgan fingerprint density at radius 1 is 0.714 bits per heavy atom. The topological polar surface area (TPSA) is 18.5 Å². The summed E-state index contributed by atoms with van der Waals surface area (Å²) in [5.74, 6) is 9.59. The van der Waals surface area contributed by atoms with Crippen molar-refractivity contribution in [2.45, 2.75) is 64.0 Å². The second-order valence-electron chi connectivity index (χ2n) is 9.98. The van der Waals surface area contributed by atoms with Crippen molar-refractivity contribution < 1.29 is 9.31 Å². The number of rotatable bonds is 1. The molecule has 5 aliphatic carbocycles. The van der Waals surface area contributed by atoms with E-state index in [1.165, 1.54) is 18.3 Å². The van der Waals surface area contributed by atoms with Gasteiger partial charge in [0.1, 0.15) is 0 Å². The second kappa shape index (κ2) is 3.26. The van der Waals surface area contributed by atoms with Gasteiger partial charge in [0.25, 0.3) is 0 Å². The molecule has 114 valence electrons. The minimum Gasteiger partial charge on any atom is -0.403 e. The van der Waals surface area contributed by atoms with E-state index in [-0.39, 0.29) is 18.3 Å². The van der Waals surface area contributed by atoms with Crippen LogP contribution in [0.4, 0.5) is 0 Å². The summed E-state index contributed by atoms with van der Waals surface area (Å²) in [7, 11) is 0.0773. The van der Waals surface area contributed by atoms with Gasteiger partial charge in [-0.15, -0.1) is 0 Å². The van der Waals surface area contributed by atoms with E-state index in [0.29, 0.717) is 5.82 Å². The number of hydrogen-bond donors (Lipinski definition) is 0. The molecule has 0 spiro atoms. The molecule has 0 aromatic carbocycles. The van der Waals surface area contributed by atoms with Crippen LogP contribution in [0.2, 0.25) is 5.82 Å². The molecule has 9 atom stereocenters. The van der Waals surface area contributed by atoms with E-state index in [2.05, 4.69) is 27.7 Å². The third-order valence-corrected chi connectivity index (χ3v) is 9.24. The van der Waals surface area contributed by atoms with E-state index in [9.17, 15) is 0 Å². The first-order valence-corrected chi connectivity index (χ1v) is 9.26. The van der Waals surface area contributed by atoms with E-state index in [4.69, 9.17) is 9.31 Å². The van der Waals surface area contributed by atoms with E-state index in [1.54, 1.807) is 12.8 Å². The Kier molecular flexibility index (Phi) is 1.93. The molecule has 6 fully saturated rings. The van der Waals surface area contributed by atoms with Crippen molar-refractivity contribution in [2.75, 3.05) is 0 Å². The van der Waals surface area contributed by atoms with E-state index in [0.717, 1.165) is 35.5 Å². The minimum absolute atomic E-state index is 0.0773. The van der Waals surface area contributed by atoms with Crippen molar-refractivity contribution in [3.63, 3.8) is 0 Å². The van der Waals surface area contributed by atoms with Gasteiger partial charge in [-0.25, -0.2) is 0 Å². The minimum atomic E-state index is -0.149. The maximum atomic E-state index is 6.35. The lowest BCUT2D eigenvalue weighted by Crippen LogP contribution is -2.80. The normalized spacial score (nSPS) is 63.4. The fourth-order valence-electron chi connectivity index (χ4n) is 7.41. The second-order valence-corrected chi connectivity index (χ2v) is 9.98. The van der Waals surface area contributed by atoms with Gasteiger partial charge in [0.05, 0.1) is 11.2 Å². The molecule has 6 rings (SSSR count). The first kappa shape index (κ1) is 12.4. The largest absolute Gasteiger partial charge is 0.461 e. The van der Waals surface area contributed by atoms with Crippen molar-refractivity contribution in [1.82, 2.24) is 0 Å². The van der Waals surface area contributed by atoms with E-state index in [1.807, 2.05) is 0 Å². The quantitative estimate of drug-likeness (QED) is 0.541. The van der Waals surface area contributed by atoms with Crippen molar-refractivity contribution in [3.05, 3.63) is 0 Å². The van der Waals surface area contributed by atoms with E-state index < -0.39 is 0 Å². The van der Waals surface area contributed by atoms with Crippen LogP contribution in [0, 0.1) is 47.3 Å². The van der Waals surface area contributed by atoms with Gasteiger partial charge in [-0.2, -0.15) is 0 Å². The maximum absolute atomic E-state index is 6.35. The number of fused-ring (bicyclic) bond motifs is 10. The summed E-state index contributed by atoms with van der Waals surface area (Å²) in [4.78, 5) is 0. The Morgan fingerprint density at radius 3 is 1.81 bits per heavy atom. The molecule has 21 heavy (non-hydrogen) atoms. The smallest absolute Gasteiger partial charge is 0.403 e. The molecule has 6 aliphatic rings. The van der Waals surface area contributed by atoms with Crippen LogP contribution in [-0.4, -0.2) is 18.3 Å². The standard InChI is InChI=1S/C18H27BO2/c1-17(2)18(3,4)21-19(20-17)11-7-10-12(11)16-14-9-6-5-8(9)13(14)15(10)16/h8-16H,5-7H2,1-4H3/t8-,9+,10-,11-,12-,13+,14-,15-,16+/m1/s1. The molecule has 0 unspecified atom stereocenters. The molecular formula is C18H27BO2. The zero-order chi connectivity index (χ0) is 14.3. The summed E-state index contributed by atoms with van der Waals surface area (Å²) in [5.41, 5.74) is -0.298. The average Bonchev–Trinajstić information content (AvgIpc) is 2.53. The van der Waals surface area contributed by atoms with Crippen LogP contribution < -0.4 is 0 Å². The predicted molar refractivity (Wildman–Crippen MR) is 81.6 cm³/mol. The van der Waals surface area contributed by atoms with Gasteiger partial charge in [-0.1, -0.05) is 0 Å². The molecule has 3 heteroatoms. The molecule has 0 N–H and O–H groups in total. The molecule has 1 saturated heterocycles. The highest BCUT2D eigenvalue weighted by atomic mass is 16.7. The average molecular weight is 286 g/mol. The fraction of sp³-hybridized carbons (Fsp3) is 1.00. The Balaban J connectivity index is 1.20. The third-order valence-electron chi connectivity index (χ3n) is 9.24. The van der Waals surface area contributed by atoms with Crippen molar-refractivity contribution >= 4 is 7.12 Å². The Morgan fingerprint density at radius 2 is 1.24 bits per heavy atom. The SMILES string of the molecule is CC1(C)OB([C@@H]2C[C@H]3[C@@H]4[C@H]5[C@@H]6CC[C@@H]6[C@H]5[C@@H]4[C@H]32)OC1(C)C. The first-order valence-electron chi connectivity index (χ1n) is 9.26.